The molecule has 6 N–H and O–H groups in total. The standard InChI is InChI=1S/C11H26N4O2.3ClH/c12-5-3-8-14-7-1-2-9-15(11(16)17)10-4-6-13;;;/h14H,1-10,12-13H2,(H,16,17);3*1H. The normalized spacial score (nSPS) is 8.90. The molecule has 0 heterocycles. The number of nitrogens with two attached hydrogens (primary N) is 2. The average Bonchev–Trinajstić information content (AvgIpc) is 2.31. The van der Waals surface area contributed by atoms with Crippen LogP contribution >= 0.6 is 37.2 Å². The van der Waals surface area contributed by atoms with Crippen molar-refractivity contribution in [3.05, 3.63) is 0 Å². The zero-order valence-corrected chi connectivity index (χ0v) is 14.2. The summed E-state index contributed by atoms with van der Waals surface area (Å²) in [6.07, 6.45) is 2.72. The van der Waals surface area contributed by atoms with E-state index in [1.807, 2.05) is 0 Å². The number of rotatable bonds is 11. The molecule has 0 saturated carbocycles. The van der Waals surface area contributed by atoms with Gasteiger partial charge in [-0.15, -0.1) is 37.2 Å². The first kappa shape index (κ1) is 28.2. The molecule has 9 heteroatoms. The van der Waals surface area contributed by atoms with E-state index in [0.29, 0.717) is 26.2 Å². The van der Waals surface area contributed by atoms with Gasteiger partial charge in [-0.2, -0.15) is 0 Å². The fourth-order valence-corrected chi connectivity index (χ4v) is 1.49. The van der Waals surface area contributed by atoms with Crippen LogP contribution in [0.3, 0.4) is 0 Å². The lowest BCUT2D eigenvalue weighted by molar-refractivity contribution is 0.144. The second kappa shape index (κ2) is 21.3. The van der Waals surface area contributed by atoms with Crippen molar-refractivity contribution in [2.75, 3.05) is 39.3 Å². The highest BCUT2D eigenvalue weighted by Gasteiger charge is 2.09. The summed E-state index contributed by atoms with van der Waals surface area (Å²) in [7, 11) is 0. The van der Waals surface area contributed by atoms with Gasteiger partial charge in [0.25, 0.3) is 0 Å². The van der Waals surface area contributed by atoms with E-state index in [4.69, 9.17) is 16.6 Å². The maximum Gasteiger partial charge on any atom is 0.407 e. The van der Waals surface area contributed by atoms with Gasteiger partial charge in [0.15, 0.2) is 0 Å². The van der Waals surface area contributed by atoms with E-state index in [1.54, 1.807) is 0 Å². The fourth-order valence-electron chi connectivity index (χ4n) is 1.49. The Kier molecular flexibility index (Phi) is 30.1. The largest absolute Gasteiger partial charge is 0.465 e. The van der Waals surface area contributed by atoms with Gasteiger partial charge in [-0.3, -0.25) is 0 Å². The summed E-state index contributed by atoms with van der Waals surface area (Å²) in [5.41, 5.74) is 10.7. The van der Waals surface area contributed by atoms with Crippen LogP contribution in [0.4, 0.5) is 4.79 Å². The van der Waals surface area contributed by atoms with Crippen LogP contribution in [0.15, 0.2) is 0 Å². The van der Waals surface area contributed by atoms with Gasteiger partial charge in [0.1, 0.15) is 0 Å². The first-order valence-corrected chi connectivity index (χ1v) is 6.31. The molecule has 0 bridgehead atoms. The molecule has 0 aliphatic heterocycles. The van der Waals surface area contributed by atoms with Gasteiger partial charge < -0.3 is 26.8 Å². The number of hydrogen-bond acceptors (Lipinski definition) is 4. The predicted octanol–water partition coefficient (Wildman–Crippen LogP) is 1.30. The molecule has 0 unspecified atom stereocenters. The number of unbranched alkanes of at least 4 members (excludes halogenated alkanes) is 1. The third kappa shape index (κ3) is 18.0. The monoisotopic (exact) mass is 354 g/mol. The third-order valence-electron chi connectivity index (χ3n) is 2.49. The van der Waals surface area contributed by atoms with Gasteiger partial charge >= 0.3 is 6.09 Å². The Morgan fingerprint density at radius 2 is 1.40 bits per heavy atom. The highest BCUT2D eigenvalue weighted by molar-refractivity contribution is 5.86. The number of nitrogens with one attached hydrogen (secondary N) is 1. The van der Waals surface area contributed by atoms with E-state index < -0.39 is 6.09 Å². The predicted molar refractivity (Wildman–Crippen MR) is 90.8 cm³/mol. The minimum absolute atomic E-state index is 0. The van der Waals surface area contributed by atoms with Crippen LogP contribution in [0.1, 0.15) is 25.7 Å². The molecular formula is C11H29Cl3N4O2. The molecule has 0 aromatic rings. The molecule has 0 rings (SSSR count). The molecule has 0 fully saturated rings. The summed E-state index contributed by atoms with van der Waals surface area (Å²) >= 11 is 0. The number of carboxylic acid groups (broad SMARTS) is 1. The van der Waals surface area contributed by atoms with Crippen molar-refractivity contribution in [3.63, 3.8) is 0 Å². The van der Waals surface area contributed by atoms with Crippen LogP contribution in [0.5, 0.6) is 0 Å². The van der Waals surface area contributed by atoms with Crippen molar-refractivity contribution < 1.29 is 9.90 Å². The molecule has 20 heavy (non-hydrogen) atoms. The second-order valence-corrected chi connectivity index (χ2v) is 4.01. The number of carbonyl (C=O) groups is 1. The van der Waals surface area contributed by atoms with E-state index in [-0.39, 0.29) is 37.2 Å². The van der Waals surface area contributed by atoms with Gasteiger partial charge in [0, 0.05) is 13.1 Å². The Hall–Kier alpha value is 0.0200. The van der Waals surface area contributed by atoms with E-state index >= 15 is 0 Å². The first-order chi connectivity index (χ1) is 8.22. The fraction of sp³-hybridized carbons (Fsp3) is 0.909. The molecule has 0 saturated heterocycles. The lowest BCUT2D eigenvalue weighted by Gasteiger charge is -2.18. The number of amides is 1. The minimum Gasteiger partial charge on any atom is -0.465 e. The van der Waals surface area contributed by atoms with Crippen molar-refractivity contribution in [2.24, 2.45) is 11.5 Å². The Morgan fingerprint density at radius 3 is 1.90 bits per heavy atom. The Balaban J connectivity index is -0.000000427. The molecule has 0 aliphatic rings. The van der Waals surface area contributed by atoms with Crippen LogP contribution in [-0.2, 0) is 0 Å². The molecule has 0 aliphatic carbocycles. The van der Waals surface area contributed by atoms with Gasteiger partial charge in [-0.05, 0) is 51.9 Å². The maximum atomic E-state index is 10.9. The zero-order valence-electron chi connectivity index (χ0n) is 11.8. The van der Waals surface area contributed by atoms with Crippen molar-refractivity contribution in [1.82, 2.24) is 10.2 Å². The van der Waals surface area contributed by atoms with Gasteiger partial charge in [0.05, 0.1) is 0 Å². The summed E-state index contributed by atoms with van der Waals surface area (Å²) < 4.78 is 0. The van der Waals surface area contributed by atoms with Gasteiger partial charge in [0.2, 0.25) is 0 Å². The lowest BCUT2D eigenvalue weighted by atomic mass is 10.2. The summed E-state index contributed by atoms with van der Waals surface area (Å²) in [4.78, 5) is 12.3. The molecule has 0 atom stereocenters. The van der Waals surface area contributed by atoms with E-state index in [1.165, 1.54) is 4.90 Å². The molecule has 0 radical (unpaired) electrons. The van der Waals surface area contributed by atoms with E-state index in [2.05, 4.69) is 5.32 Å². The van der Waals surface area contributed by atoms with Crippen LogP contribution < -0.4 is 16.8 Å². The summed E-state index contributed by atoms with van der Waals surface area (Å²) in [5.74, 6) is 0. The number of halogens is 3. The SMILES string of the molecule is Cl.Cl.Cl.NCCCNCCCCN(CCCN)C(=O)O. The molecule has 0 spiro atoms. The maximum absolute atomic E-state index is 10.9. The molecule has 0 aromatic carbocycles. The van der Waals surface area contributed by atoms with Crippen LogP contribution in [-0.4, -0.2) is 55.4 Å². The molecular weight excluding hydrogens is 327 g/mol. The number of hydrogen-bond donors (Lipinski definition) is 4. The molecule has 6 nitrogen and oxygen atoms in total. The minimum atomic E-state index is -0.852. The van der Waals surface area contributed by atoms with Gasteiger partial charge in [-0.1, -0.05) is 0 Å². The number of nitrogens with zero attached hydrogens (tertiary/aromatic N) is 1. The quantitative estimate of drug-likeness (QED) is 0.418. The van der Waals surface area contributed by atoms with Crippen molar-refractivity contribution in [2.45, 2.75) is 25.7 Å². The molecule has 0 aromatic heterocycles. The van der Waals surface area contributed by atoms with Crippen molar-refractivity contribution in [3.8, 4) is 0 Å². The molecule has 126 valence electrons. The summed E-state index contributed by atoms with van der Waals surface area (Å²) in [5, 5.41) is 12.2. The Labute approximate surface area is 140 Å². The smallest absolute Gasteiger partial charge is 0.407 e. The Bertz CT molecular complexity index is 203. The molecule has 1 amide bonds. The summed E-state index contributed by atoms with van der Waals surface area (Å²) in [6.45, 7) is 4.22. The van der Waals surface area contributed by atoms with Crippen LogP contribution in [0.25, 0.3) is 0 Å². The first-order valence-electron chi connectivity index (χ1n) is 6.31. The van der Waals surface area contributed by atoms with Gasteiger partial charge in [-0.25, -0.2) is 4.79 Å². The highest BCUT2D eigenvalue weighted by Crippen LogP contribution is 1.97. The lowest BCUT2D eigenvalue weighted by Crippen LogP contribution is -2.32. The topological polar surface area (TPSA) is 105 Å². The second-order valence-electron chi connectivity index (χ2n) is 4.01. The Morgan fingerprint density at radius 1 is 0.900 bits per heavy atom. The van der Waals surface area contributed by atoms with Crippen LogP contribution in [0.2, 0.25) is 0 Å². The third-order valence-corrected chi connectivity index (χ3v) is 2.49. The van der Waals surface area contributed by atoms with E-state index in [0.717, 1.165) is 38.8 Å². The zero-order chi connectivity index (χ0) is 12.9. The highest BCUT2D eigenvalue weighted by atomic mass is 35.5. The summed E-state index contributed by atoms with van der Waals surface area (Å²) in [6, 6.07) is 0. The van der Waals surface area contributed by atoms with Crippen LogP contribution in [0, 0.1) is 0 Å². The van der Waals surface area contributed by atoms with Crippen molar-refractivity contribution >= 4 is 43.3 Å². The average molecular weight is 356 g/mol. The van der Waals surface area contributed by atoms with E-state index in [9.17, 15) is 4.79 Å². The van der Waals surface area contributed by atoms with Crippen molar-refractivity contribution in [1.29, 1.82) is 0 Å².